The number of hydrogen-bond acceptors (Lipinski definition) is 5. The van der Waals surface area contributed by atoms with E-state index in [9.17, 15) is 9.59 Å². The van der Waals surface area contributed by atoms with Crippen LogP contribution in [0, 0.1) is 19.3 Å². The number of rotatable bonds is 11. The fourth-order valence-corrected chi connectivity index (χ4v) is 4.71. The van der Waals surface area contributed by atoms with Crippen LogP contribution >= 0.6 is 0 Å². The molecular formula is C31H41N5O3. The summed E-state index contributed by atoms with van der Waals surface area (Å²) in [4.78, 5) is 26.1. The minimum atomic E-state index is -0.677. The van der Waals surface area contributed by atoms with Gasteiger partial charge >= 0.3 is 6.09 Å². The number of hydrogen-bond donors (Lipinski definition) is 2. The molecule has 1 saturated carbocycles. The highest BCUT2D eigenvalue weighted by Crippen LogP contribution is 2.39. The zero-order chi connectivity index (χ0) is 28.0. The highest BCUT2D eigenvalue weighted by atomic mass is 16.5. The first-order valence-corrected chi connectivity index (χ1v) is 13.9. The van der Waals surface area contributed by atoms with Crippen molar-refractivity contribution in [2.75, 3.05) is 5.32 Å². The van der Waals surface area contributed by atoms with E-state index in [0.29, 0.717) is 11.9 Å². The van der Waals surface area contributed by atoms with Crippen molar-refractivity contribution in [2.45, 2.75) is 91.8 Å². The van der Waals surface area contributed by atoms with Crippen molar-refractivity contribution in [3.8, 4) is 0 Å². The van der Waals surface area contributed by atoms with Crippen LogP contribution in [0.1, 0.15) is 93.3 Å². The molecule has 2 amide bonds. The van der Waals surface area contributed by atoms with Crippen molar-refractivity contribution >= 4 is 17.7 Å². The molecule has 39 heavy (non-hydrogen) atoms. The number of nitrogens with zero attached hydrogens (tertiary/aromatic N) is 3. The Labute approximate surface area is 231 Å². The van der Waals surface area contributed by atoms with E-state index in [0.717, 1.165) is 60.3 Å². The minimum absolute atomic E-state index is 0.0145. The lowest BCUT2D eigenvalue weighted by Gasteiger charge is -2.20. The molecule has 0 spiro atoms. The first-order valence-electron chi connectivity index (χ1n) is 13.9. The summed E-state index contributed by atoms with van der Waals surface area (Å²) in [6.07, 6.45) is 4.38. The monoisotopic (exact) mass is 531 g/mol. The van der Waals surface area contributed by atoms with Crippen LogP contribution in [0.3, 0.4) is 0 Å². The molecule has 1 aliphatic rings. The van der Waals surface area contributed by atoms with Gasteiger partial charge < -0.3 is 19.9 Å². The minimum Gasteiger partial charge on any atom is -0.445 e. The largest absolute Gasteiger partial charge is 0.445 e. The van der Waals surface area contributed by atoms with Crippen LogP contribution in [-0.4, -0.2) is 26.8 Å². The molecule has 3 aromatic rings. The van der Waals surface area contributed by atoms with E-state index in [-0.39, 0.29) is 24.3 Å². The van der Waals surface area contributed by atoms with E-state index >= 15 is 0 Å². The molecule has 208 valence electrons. The number of carbonyl (C=O) groups is 2. The van der Waals surface area contributed by atoms with Gasteiger partial charge in [-0.2, -0.15) is 0 Å². The SMILES string of the molecule is Cc1ccc(NC(=O)C[C@H](NC(=O)OCc2ccccc2)c2nnc(CCCC(C)(C)C)n2C2CC2)c(C)c1. The number of benzene rings is 2. The third-order valence-corrected chi connectivity index (χ3v) is 6.89. The number of amides is 2. The number of ether oxygens (including phenoxy) is 1. The van der Waals surface area contributed by atoms with Crippen molar-refractivity contribution < 1.29 is 14.3 Å². The number of alkyl carbamates (subject to hydrolysis) is 1. The first kappa shape index (κ1) is 28.3. The molecule has 0 saturated heterocycles. The van der Waals surface area contributed by atoms with Gasteiger partial charge in [-0.1, -0.05) is 68.8 Å². The third kappa shape index (κ3) is 8.40. The van der Waals surface area contributed by atoms with Crippen molar-refractivity contribution in [1.29, 1.82) is 0 Å². The van der Waals surface area contributed by atoms with Crippen molar-refractivity contribution in [3.05, 3.63) is 76.9 Å². The topological polar surface area (TPSA) is 98.1 Å². The Morgan fingerprint density at radius 3 is 2.49 bits per heavy atom. The molecule has 4 rings (SSSR count). The molecule has 2 aromatic carbocycles. The quantitative estimate of drug-likeness (QED) is 0.291. The fraction of sp³-hybridized carbons (Fsp3) is 0.484. The van der Waals surface area contributed by atoms with Gasteiger partial charge in [-0.3, -0.25) is 4.79 Å². The van der Waals surface area contributed by atoms with Crippen molar-refractivity contribution in [1.82, 2.24) is 20.1 Å². The van der Waals surface area contributed by atoms with Gasteiger partial charge in [0, 0.05) is 18.2 Å². The van der Waals surface area contributed by atoms with Gasteiger partial charge in [0.1, 0.15) is 18.5 Å². The Balaban J connectivity index is 1.52. The summed E-state index contributed by atoms with van der Waals surface area (Å²) in [5.41, 5.74) is 3.99. The van der Waals surface area contributed by atoms with Gasteiger partial charge in [-0.25, -0.2) is 4.79 Å². The summed E-state index contributed by atoms with van der Waals surface area (Å²) in [5.74, 6) is 1.31. The molecule has 1 aromatic heterocycles. The maximum absolute atomic E-state index is 13.2. The van der Waals surface area contributed by atoms with Crippen LogP contribution in [0.15, 0.2) is 48.5 Å². The van der Waals surface area contributed by atoms with E-state index in [1.54, 1.807) is 0 Å². The lowest BCUT2D eigenvalue weighted by Crippen LogP contribution is -2.34. The Bertz CT molecular complexity index is 1280. The van der Waals surface area contributed by atoms with Gasteiger partial charge in [0.2, 0.25) is 5.91 Å². The maximum atomic E-state index is 13.2. The number of carbonyl (C=O) groups excluding carboxylic acids is 2. The average molecular weight is 532 g/mol. The summed E-state index contributed by atoms with van der Waals surface area (Å²) in [6, 6.07) is 15.0. The highest BCUT2D eigenvalue weighted by molar-refractivity contribution is 5.92. The first-order chi connectivity index (χ1) is 18.6. The smallest absolute Gasteiger partial charge is 0.408 e. The second-order valence-corrected chi connectivity index (χ2v) is 11.8. The van der Waals surface area contributed by atoms with Crippen molar-refractivity contribution in [2.24, 2.45) is 5.41 Å². The van der Waals surface area contributed by atoms with E-state index in [2.05, 4.69) is 46.2 Å². The van der Waals surface area contributed by atoms with Crippen LogP contribution in [0.2, 0.25) is 0 Å². The van der Waals surface area contributed by atoms with Gasteiger partial charge in [-0.05, 0) is 62.1 Å². The average Bonchev–Trinajstić information content (AvgIpc) is 3.63. The Morgan fingerprint density at radius 2 is 1.82 bits per heavy atom. The number of anilines is 1. The standard InChI is InChI=1S/C31H41N5O3/c1-21-13-16-25(22(2)18-21)32-28(37)19-26(33-30(38)39-20-23-10-7-6-8-11-23)29-35-34-27(36(29)24-14-15-24)12-9-17-31(3,4)5/h6-8,10-11,13,16,18,24,26H,9,12,14-15,17,19-20H2,1-5H3,(H,32,37)(H,33,38)/t26-/m0/s1. The van der Waals surface area contributed by atoms with Gasteiger partial charge in [0.15, 0.2) is 5.82 Å². The predicted molar refractivity (Wildman–Crippen MR) is 152 cm³/mol. The molecular weight excluding hydrogens is 490 g/mol. The maximum Gasteiger partial charge on any atom is 0.408 e. The summed E-state index contributed by atoms with van der Waals surface area (Å²) < 4.78 is 7.65. The zero-order valence-electron chi connectivity index (χ0n) is 23.8. The van der Waals surface area contributed by atoms with E-state index in [1.807, 2.05) is 62.4 Å². The molecule has 8 nitrogen and oxygen atoms in total. The second-order valence-electron chi connectivity index (χ2n) is 11.8. The predicted octanol–water partition coefficient (Wildman–Crippen LogP) is 6.59. The summed E-state index contributed by atoms with van der Waals surface area (Å²) in [5, 5.41) is 15.0. The molecule has 0 bridgehead atoms. The molecule has 1 aliphatic carbocycles. The van der Waals surface area contributed by atoms with E-state index < -0.39 is 12.1 Å². The highest BCUT2D eigenvalue weighted by Gasteiger charge is 2.34. The Hall–Kier alpha value is -3.68. The molecule has 1 fully saturated rings. The summed E-state index contributed by atoms with van der Waals surface area (Å²) in [7, 11) is 0. The lowest BCUT2D eigenvalue weighted by molar-refractivity contribution is -0.116. The van der Waals surface area contributed by atoms with Crippen LogP contribution in [0.5, 0.6) is 0 Å². The van der Waals surface area contributed by atoms with Gasteiger partial charge in [0.05, 0.1) is 6.42 Å². The van der Waals surface area contributed by atoms with Crippen molar-refractivity contribution in [3.63, 3.8) is 0 Å². The van der Waals surface area contributed by atoms with Crippen LogP contribution < -0.4 is 10.6 Å². The molecule has 0 unspecified atom stereocenters. The second kappa shape index (κ2) is 12.5. The molecule has 1 atom stereocenters. The van der Waals surface area contributed by atoms with E-state index in [4.69, 9.17) is 4.74 Å². The third-order valence-electron chi connectivity index (χ3n) is 6.89. The fourth-order valence-electron chi connectivity index (χ4n) is 4.71. The lowest BCUT2D eigenvalue weighted by atomic mass is 9.90. The molecule has 0 aliphatic heterocycles. The van der Waals surface area contributed by atoms with Crippen LogP contribution in [0.25, 0.3) is 0 Å². The van der Waals surface area contributed by atoms with Gasteiger partial charge in [0.25, 0.3) is 0 Å². The Kier molecular flexibility index (Phi) is 9.04. The summed E-state index contributed by atoms with van der Waals surface area (Å²) >= 11 is 0. The molecule has 2 N–H and O–H groups in total. The number of aryl methyl sites for hydroxylation is 3. The zero-order valence-corrected chi connectivity index (χ0v) is 23.8. The Morgan fingerprint density at radius 1 is 1.08 bits per heavy atom. The number of nitrogens with one attached hydrogen (secondary N) is 2. The summed E-state index contributed by atoms with van der Waals surface area (Å²) in [6.45, 7) is 10.8. The number of aromatic nitrogens is 3. The van der Waals surface area contributed by atoms with Crippen LogP contribution in [-0.2, 0) is 22.6 Å². The van der Waals surface area contributed by atoms with Gasteiger partial charge in [-0.15, -0.1) is 10.2 Å². The van der Waals surface area contributed by atoms with E-state index in [1.165, 1.54) is 0 Å². The van der Waals surface area contributed by atoms with Crippen LogP contribution in [0.4, 0.5) is 10.5 Å². The normalized spacial score (nSPS) is 14.1. The molecule has 0 radical (unpaired) electrons. The molecule has 1 heterocycles. The molecule has 8 heteroatoms.